The highest BCUT2D eigenvalue weighted by molar-refractivity contribution is 9.10. The van der Waals surface area contributed by atoms with Crippen molar-refractivity contribution in [3.05, 3.63) is 93.4 Å². The van der Waals surface area contributed by atoms with E-state index in [2.05, 4.69) is 31.4 Å². The van der Waals surface area contributed by atoms with Gasteiger partial charge in [0.1, 0.15) is 0 Å². The minimum Gasteiger partial charge on any atom is -0.325 e. The van der Waals surface area contributed by atoms with Crippen molar-refractivity contribution in [2.45, 2.75) is 17.3 Å². The van der Waals surface area contributed by atoms with E-state index in [1.807, 2.05) is 59.2 Å². The van der Waals surface area contributed by atoms with E-state index in [1.54, 1.807) is 6.92 Å². The molecule has 0 aliphatic heterocycles. The van der Waals surface area contributed by atoms with Gasteiger partial charge in [0.25, 0.3) is 5.69 Å². The van der Waals surface area contributed by atoms with Crippen LogP contribution < -0.4 is 5.32 Å². The second-order valence-electron chi connectivity index (χ2n) is 7.04. The number of hydrogen-bond donors (Lipinski definition) is 1. The first-order valence-electron chi connectivity index (χ1n) is 9.91. The summed E-state index contributed by atoms with van der Waals surface area (Å²) < 4.78 is 2.88. The number of nitrogens with zero attached hydrogens (tertiary/aromatic N) is 4. The summed E-state index contributed by atoms with van der Waals surface area (Å²) in [5.74, 6) is 0.417. The molecule has 1 amide bonds. The largest absolute Gasteiger partial charge is 0.325 e. The molecular weight excluding hydrogens is 506 g/mol. The summed E-state index contributed by atoms with van der Waals surface area (Å²) in [6.07, 6.45) is 0. The van der Waals surface area contributed by atoms with Crippen LogP contribution in [0.3, 0.4) is 0 Å². The summed E-state index contributed by atoms with van der Waals surface area (Å²) in [4.78, 5) is 23.1. The summed E-state index contributed by atoms with van der Waals surface area (Å²) in [5, 5.41) is 22.4. The molecule has 8 nitrogen and oxygen atoms in total. The zero-order valence-corrected chi connectivity index (χ0v) is 19.8. The number of halogens is 1. The summed E-state index contributed by atoms with van der Waals surface area (Å²) in [7, 11) is 0. The maximum absolute atomic E-state index is 12.8. The van der Waals surface area contributed by atoms with Crippen molar-refractivity contribution in [2.75, 3.05) is 5.32 Å². The highest BCUT2D eigenvalue weighted by Gasteiger charge is 2.22. The Morgan fingerprint density at radius 1 is 1.03 bits per heavy atom. The fourth-order valence-electron chi connectivity index (χ4n) is 3.06. The normalized spacial score (nSPS) is 11.7. The first kappa shape index (κ1) is 22.7. The van der Waals surface area contributed by atoms with Crippen molar-refractivity contribution in [3.8, 4) is 17.1 Å². The molecule has 3 aromatic carbocycles. The smallest absolute Gasteiger partial charge is 0.269 e. The number of rotatable bonds is 7. The first-order chi connectivity index (χ1) is 15.9. The number of thioether (sulfide) groups is 1. The number of nitrogens with one attached hydrogen (secondary N) is 1. The molecule has 166 valence electrons. The third-order valence-corrected chi connectivity index (χ3v) is 6.32. The number of anilines is 1. The molecule has 1 aromatic heterocycles. The topological polar surface area (TPSA) is 103 Å². The molecule has 0 fully saturated rings. The number of nitro benzene ring substituents is 1. The standard InChI is InChI=1S/C23H18BrN5O3S/c1-15(22(30)25-18-11-13-20(14-12-18)29(31)32)33-23-27-26-21(16-7-9-17(24)10-8-16)28(23)19-5-3-2-4-6-19/h2-15H,1H3,(H,25,30). The molecule has 0 aliphatic carbocycles. The Labute approximate surface area is 202 Å². The van der Waals surface area contributed by atoms with Crippen LogP contribution in [0.2, 0.25) is 0 Å². The van der Waals surface area contributed by atoms with Crippen LogP contribution >= 0.6 is 27.7 Å². The molecule has 0 radical (unpaired) electrons. The Bertz CT molecular complexity index is 1280. The molecule has 0 bridgehead atoms. The molecule has 1 atom stereocenters. The molecular formula is C23H18BrN5O3S. The number of benzene rings is 3. The van der Waals surface area contributed by atoms with Crippen molar-refractivity contribution in [3.63, 3.8) is 0 Å². The molecule has 0 spiro atoms. The molecule has 10 heteroatoms. The Morgan fingerprint density at radius 3 is 2.33 bits per heavy atom. The lowest BCUT2D eigenvalue weighted by Gasteiger charge is -2.14. The van der Waals surface area contributed by atoms with Gasteiger partial charge in [0.05, 0.1) is 10.2 Å². The lowest BCUT2D eigenvalue weighted by Crippen LogP contribution is -2.22. The van der Waals surface area contributed by atoms with Gasteiger partial charge < -0.3 is 5.32 Å². The average Bonchev–Trinajstić information content (AvgIpc) is 3.23. The van der Waals surface area contributed by atoms with Gasteiger partial charge in [-0.05, 0) is 43.3 Å². The van der Waals surface area contributed by atoms with Crippen LogP contribution in [-0.4, -0.2) is 30.8 Å². The van der Waals surface area contributed by atoms with Gasteiger partial charge in [-0.2, -0.15) is 0 Å². The van der Waals surface area contributed by atoms with Gasteiger partial charge in [-0.15, -0.1) is 10.2 Å². The highest BCUT2D eigenvalue weighted by atomic mass is 79.9. The van der Waals surface area contributed by atoms with Crippen LogP contribution in [0.5, 0.6) is 0 Å². The molecule has 0 aliphatic rings. The lowest BCUT2D eigenvalue weighted by molar-refractivity contribution is -0.384. The van der Waals surface area contributed by atoms with E-state index < -0.39 is 10.2 Å². The van der Waals surface area contributed by atoms with Crippen molar-refractivity contribution >= 4 is 45.0 Å². The zero-order valence-electron chi connectivity index (χ0n) is 17.4. The molecule has 0 saturated carbocycles. The van der Waals surface area contributed by atoms with E-state index >= 15 is 0 Å². The fourth-order valence-corrected chi connectivity index (χ4v) is 4.20. The van der Waals surface area contributed by atoms with Gasteiger partial charge in [-0.3, -0.25) is 19.5 Å². The summed E-state index contributed by atoms with van der Waals surface area (Å²) in [6.45, 7) is 1.77. The summed E-state index contributed by atoms with van der Waals surface area (Å²) >= 11 is 4.73. The first-order valence-corrected chi connectivity index (χ1v) is 11.6. The van der Waals surface area contributed by atoms with E-state index in [-0.39, 0.29) is 11.6 Å². The van der Waals surface area contributed by atoms with E-state index in [0.717, 1.165) is 15.7 Å². The van der Waals surface area contributed by atoms with Crippen LogP contribution in [0.4, 0.5) is 11.4 Å². The number of nitro groups is 1. The maximum atomic E-state index is 12.8. The quantitative estimate of drug-likeness (QED) is 0.188. The van der Waals surface area contributed by atoms with Crippen LogP contribution in [0.25, 0.3) is 17.1 Å². The number of non-ortho nitro benzene ring substituents is 1. The SMILES string of the molecule is CC(Sc1nnc(-c2ccc(Br)cc2)n1-c1ccccc1)C(=O)Nc1ccc([N+](=O)[O-])cc1. The molecule has 4 rings (SSSR count). The minimum absolute atomic E-state index is 0.0353. The summed E-state index contributed by atoms with van der Waals surface area (Å²) in [6, 6.07) is 23.2. The number of aromatic nitrogens is 3. The maximum Gasteiger partial charge on any atom is 0.269 e. The Kier molecular flexibility index (Phi) is 6.85. The van der Waals surface area contributed by atoms with Crippen LogP contribution in [0, 0.1) is 10.1 Å². The van der Waals surface area contributed by atoms with Crippen molar-refractivity contribution in [1.29, 1.82) is 0 Å². The fraction of sp³-hybridized carbons (Fsp3) is 0.0870. The van der Waals surface area contributed by atoms with E-state index in [0.29, 0.717) is 16.7 Å². The number of hydrogen-bond acceptors (Lipinski definition) is 6. The van der Waals surface area contributed by atoms with Crippen molar-refractivity contribution < 1.29 is 9.72 Å². The van der Waals surface area contributed by atoms with Gasteiger partial charge in [-0.1, -0.05) is 58.0 Å². The third-order valence-electron chi connectivity index (χ3n) is 4.75. The number of amides is 1. The van der Waals surface area contributed by atoms with Gasteiger partial charge in [-0.25, -0.2) is 0 Å². The van der Waals surface area contributed by atoms with Crippen LogP contribution in [-0.2, 0) is 4.79 Å². The molecule has 4 aromatic rings. The van der Waals surface area contributed by atoms with Crippen LogP contribution in [0.15, 0.2) is 88.5 Å². The zero-order chi connectivity index (χ0) is 23.4. The summed E-state index contributed by atoms with van der Waals surface area (Å²) in [5.41, 5.74) is 2.22. The van der Waals surface area contributed by atoms with Crippen molar-refractivity contribution in [1.82, 2.24) is 14.8 Å². The van der Waals surface area contributed by atoms with Gasteiger partial charge >= 0.3 is 0 Å². The van der Waals surface area contributed by atoms with Gasteiger partial charge in [0.15, 0.2) is 11.0 Å². The van der Waals surface area contributed by atoms with E-state index in [1.165, 1.54) is 36.0 Å². The third kappa shape index (κ3) is 5.29. The molecule has 1 heterocycles. The molecule has 33 heavy (non-hydrogen) atoms. The monoisotopic (exact) mass is 523 g/mol. The van der Waals surface area contributed by atoms with Gasteiger partial charge in [0, 0.05) is 33.5 Å². The Hall–Kier alpha value is -3.50. The number of carbonyl (C=O) groups is 1. The van der Waals surface area contributed by atoms with Gasteiger partial charge in [0.2, 0.25) is 5.91 Å². The highest BCUT2D eigenvalue weighted by Crippen LogP contribution is 2.31. The van der Waals surface area contributed by atoms with Crippen molar-refractivity contribution in [2.24, 2.45) is 0 Å². The number of carbonyl (C=O) groups excluding carboxylic acids is 1. The van der Waals surface area contributed by atoms with E-state index in [4.69, 9.17) is 0 Å². The predicted octanol–water partition coefficient (Wildman–Crippen LogP) is 5.72. The minimum atomic E-state index is -0.496. The average molecular weight is 524 g/mol. The molecule has 1 unspecified atom stereocenters. The Morgan fingerprint density at radius 2 is 1.70 bits per heavy atom. The van der Waals surface area contributed by atoms with E-state index in [9.17, 15) is 14.9 Å². The second-order valence-corrected chi connectivity index (χ2v) is 9.26. The predicted molar refractivity (Wildman–Crippen MR) is 132 cm³/mol. The Balaban J connectivity index is 1.58. The number of para-hydroxylation sites is 1. The van der Waals surface area contributed by atoms with Crippen LogP contribution in [0.1, 0.15) is 6.92 Å². The lowest BCUT2D eigenvalue weighted by atomic mass is 10.2. The molecule has 1 N–H and O–H groups in total. The second kappa shape index (κ2) is 9.97. The molecule has 0 saturated heterocycles.